The fourth-order valence-electron chi connectivity index (χ4n) is 3.61. The van der Waals surface area contributed by atoms with Crippen LogP contribution in [0.1, 0.15) is 40.9 Å². The van der Waals surface area contributed by atoms with Gasteiger partial charge in [0.15, 0.2) is 6.04 Å². The molecule has 0 saturated carbocycles. The van der Waals surface area contributed by atoms with Crippen molar-refractivity contribution in [3.63, 3.8) is 0 Å². The van der Waals surface area contributed by atoms with E-state index in [2.05, 4.69) is 10.4 Å². The van der Waals surface area contributed by atoms with E-state index in [9.17, 15) is 18.0 Å². The van der Waals surface area contributed by atoms with E-state index in [1.807, 2.05) is 12.1 Å². The molecule has 0 bridgehead atoms. The van der Waals surface area contributed by atoms with Gasteiger partial charge in [-0.1, -0.05) is 24.3 Å². The molecule has 2 aromatic rings. The maximum absolute atomic E-state index is 13.9. The van der Waals surface area contributed by atoms with E-state index in [1.54, 1.807) is 19.1 Å². The van der Waals surface area contributed by atoms with Crippen LogP contribution in [0.5, 0.6) is 0 Å². The molecule has 0 saturated heterocycles. The van der Waals surface area contributed by atoms with Crippen molar-refractivity contribution in [3.8, 4) is 0 Å². The maximum Gasteiger partial charge on any atom is 0.414 e. The lowest BCUT2D eigenvalue weighted by Crippen LogP contribution is -2.36. The predicted octanol–water partition coefficient (Wildman–Crippen LogP) is 3.95. The second-order valence-corrected chi connectivity index (χ2v) is 6.20. The molecule has 8 heteroatoms. The lowest BCUT2D eigenvalue weighted by Gasteiger charge is -2.35. The molecule has 5 nitrogen and oxygen atoms in total. The molecule has 1 N–H and O–H groups in total. The maximum atomic E-state index is 13.9. The van der Waals surface area contributed by atoms with Crippen molar-refractivity contribution in [2.75, 3.05) is 11.9 Å². The molecule has 1 aliphatic carbocycles. The van der Waals surface area contributed by atoms with Gasteiger partial charge in [-0.3, -0.25) is 0 Å². The number of aromatic nitrogens is 2. The number of rotatable bonds is 2. The monoisotopic (exact) mass is 363 g/mol. The molecular formula is C18H16F3N3O2. The molecular weight excluding hydrogens is 347 g/mol. The Morgan fingerprint density at radius 2 is 2.12 bits per heavy atom. The van der Waals surface area contributed by atoms with Gasteiger partial charge in [0.25, 0.3) is 0 Å². The summed E-state index contributed by atoms with van der Waals surface area (Å²) in [5, 5.41) is 6.88. The normalized spacial score (nSPS) is 18.5. The van der Waals surface area contributed by atoms with Crippen molar-refractivity contribution in [2.24, 2.45) is 0 Å². The molecule has 0 radical (unpaired) electrons. The molecule has 2 aliphatic rings. The second-order valence-electron chi connectivity index (χ2n) is 6.20. The lowest BCUT2D eigenvalue weighted by molar-refractivity contribution is -0.160. The van der Waals surface area contributed by atoms with Gasteiger partial charge in [-0.05, 0) is 30.9 Å². The van der Waals surface area contributed by atoms with Crippen LogP contribution in [0.2, 0.25) is 0 Å². The highest BCUT2D eigenvalue weighted by atomic mass is 19.4. The van der Waals surface area contributed by atoms with Crippen molar-refractivity contribution in [1.29, 1.82) is 0 Å². The summed E-state index contributed by atoms with van der Waals surface area (Å²) in [6.45, 7) is 1.76. The summed E-state index contributed by atoms with van der Waals surface area (Å²) in [7, 11) is 0. The molecule has 1 aliphatic heterocycles. The molecule has 1 atom stereocenters. The fourth-order valence-corrected chi connectivity index (χ4v) is 3.61. The number of alkyl halides is 3. The minimum atomic E-state index is -4.53. The van der Waals surface area contributed by atoms with Gasteiger partial charge in [0.2, 0.25) is 0 Å². The summed E-state index contributed by atoms with van der Waals surface area (Å²) in [6.07, 6.45) is -2.59. The summed E-state index contributed by atoms with van der Waals surface area (Å²) < 4.78 is 47.5. The van der Waals surface area contributed by atoms with E-state index in [-0.39, 0.29) is 30.0 Å². The van der Waals surface area contributed by atoms with Crippen molar-refractivity contribution in [2.45, 2.75) is 32.0 Å². The number of carbonyl (C=O) groups is 1. The highest BCUT2D eigenvalue weighted by Gasteiger charge is 2.49. The van der Waals surface area contributed by atoms with E-state index in [4.69, 9.17) is 4.74 Å². The molecule has 2 heterocycles. The zero-order valence-corrected chi connectivity index (χ0v) is 13.9. The Morgan fingerprint density at radius 3 is 2.85 bits per heavy atom. The predicted molar refractivity (Wildman–Crippen MR) is 88.6 cm³/mol. The van der Waals surface area contributed by atoms with Crippen LogP contribution in [0.4, 0.5) is 19.0 Å². The van der Waals surface area contributed by atoms with E-state index in [1.165, 1.54) is 0 Å². The van der Waals surface area contributed by atoms with Gasteiger partial charge in [-0.2, -0.15) is 18.3 Å². The minimum Gasteiger partial charge on any atom is -0.462 e. The third kappa shape index (κ3) is 2.48. The molecule has 0 unspecified atom stereocenters. The van der Waals surface area contributed by atoms with Gasteiger partial charge in [-0.15, -0.1) is 0 Å². The highest BCUT2D eigenvalue weighted by molar-refractivity contribution is 5.98. The SMILES string of the molecule is CCOC(=O)c1cnn2c1NC1=C(CCc3ccccc31)[C@H]2C(F)(F)F. The fraction of sp³-hybridized carbons (Fsp3) is 0.333. The molecule has 4 rings (SSSR count). The number of anilines is 1. The number of esters is 1. The zero-order valence-electron chi connectivity index (χ0n) is 13.9. The molecule has 1 aromatic heterocycles. The second kappa shape index (κ2) is 5.89. The number of halogens is 3. The lowest BCUT2D eigenvalue weighted by atomic mass is 9.84. The molecule has 0 fully saturated rings. The topological polar surface area (TPSA) is 56.1 Å². The van der Waals surface area contributed by atoms with Gasteiger partial charge in [0, 0.05) is 11.3 Å². The Bertz CT molecular complexity index is 915. The summed E-state index contributed by atoms with van der Waals surface area (Å²) in [5.41, 5.74) is 2.35. The van der Waals surface area contributed by atoms with Gasteiger partial charge in [-0.25, -0.2) is 9.48 Å². The summed E-state index contributed by atoms with van der Waals surface area (Å²) >= 11 is 0. The minimum absolute atomic E-state index is 0.00398. The van der Waals surface area contributed by atoms with Crippen molar-refractivity contribution < 1.29 is 22.7 Å². The Labute approximate surface area is 147 Å². The van der Waals surface area contributed by atoms with E-state index in [0.29, 0.717) is 12.1 Å². The Morgan fingerprint density at radius 1 is 1.35 bits per heavy atom. The highest BCUT2D eigenvalue weighted by Crippen LogP contribution is 2.48. The smallest absolute Gasteiger partial charge is 0.414 e. The quantitative estimate of drug-likeness (QED) is 0.821. The molecule has 26 heavy (non-hydrogen) atoms. The van der Waals surface area contributed by atoms with Crippen LogP contribution in [-0.2, 0) is 11.2 Å². The van der Waals surface area contributed by atoms with Crippen LogP contribution in [0.3, 0.4) is 0 Å². The number of carbonyl (C=O) groups excluding carboxylic acids is 1. The standard InChI is InChI=1S/C18H16F3N3O2/c1-2-26-17(25)13-9-22-24-15(18(19,20)21)12-8-7-10-5-3-4-6-11(10)14(12)23-16(13)24/h3-6,9,15,23H,2,7-8H2,1H3/t15-/m0/s1. The number of hydrogen-bond acceptors (Lipinski definition) is 4. The van der Waals surface area contributed by atoms with Crippen molar-refractivity contribution >= 4 is 17.5 Å². The van der Waals surface area contributed by atoms with Gasteiger partial charge in [0.1, 0.15) is 11.4 Å². The molecule has 0 spiro atoms. The van der Waals surface area contributed by atoms with E-state index in [0.717, 1.165) is 22.0 Å². The van der Waals surface area contributed by atoms with Crippen LogP contribution in [0.25, 0.3) is 5.70 Å². The number of hydrogen-bond donors (Lipinski definition) is 1. The third-order valence-corrected chi connectivity index (χ3v) is 4.69. The first-order valence-corrected chi connectivity index (χ1v) is 8.31. The number of aryl methyl sites for hydroxylation is 1. The average Bonchev–Trinajstić information content (AvgIpc) is 3.02. The molecule has 1 aromatic carbocycles. The first-order chi connectivity index (χ1) is 12.4. The number of ether oxygens (including phenoxy) is 1. The van der Waals surface area contributed by atoms with Crippen LogP contribution < -0.4 is 5.32 Å². The summed E-state index contributed by atoms with van der Waals surface area (Å²) in [6, 6.07) is 5.45. The van der Waals surface area contributed by atoms with Gasteiger partial charge in [0.05, 0.1) is 12.8 Å². The van der Waals surface area contributed by atoms with E-state index < -0.39 is 18.2 Å². The number of fused-ring (bicyclic) bond motifs is 3. The summed E-state index contributed by atoms with van der Waals surface area (Å²) in [5.74, 6) is -0.684. The first kappa shape index (κ1) is 16.7. The van der Waals surface area contributed by atoms with Crippen LogP contribution >= 0.6 is 0 Å². The number of allylic oxidation sites excluding steroid dienone is 1. The zero-order chi connectivity index (χ0) is 18.5. The number of benzene rings is 1. The first-order valence-electron chi connectivity index (χ1n) is 8.31. The third-order valence-electron chi connectivity index (χ3n) is 4.69. The van der Waals surface area contributed by atoms with Crippen LogP contribution in [0.15, 0.2) is 36.0 Å². The number of nitrogens with one attached hydrogen (secondary N) is 1. The Hall–Kier alpha value is -2.77. The van der Waals surface area contributed by atoms with Crippen LogP contribution in [0, 0.1) is 0 Å². The summed E-state index contributed by atoms with van der Waals surface area (Å²) in [4.78, 5) is 12.1. The van der Waals surface area contributed by atoms with Crippen molar-refractivity contribution in [1.82, 2.24) is 9.78 Å². The van der Waals surface area contributed by atoms with Crippen molar-refractivity contribution in [3.05, 3.63) is 52.7 Å². The molecule has 0 amide bonds. The van der Waals surface area contributed by atoms with E-state index >= 15 is 0 Å². The van der Waals surface area contributed by atoms with Gasteiger partial charge >= 0.3 is 12.1 Å². The van der Waals surface area contributed by atoms with Crippen LogP contribution in [-0.4, -0.2) is 28.5 Å². The largest absolute Gasteiger partial charge is 0.462 e. The number of nitrogens with zero attached hydrogens (tertiary/aromatic N) is 2. The molecule has 136 valence electrons. The Kier molecular flexibility index (Phi) is 3.78. The average molecular weight is 363 g/mol. The Balaban J connectivity index is 1.89. The van der Waals surface area contributed by atoms with Gasteiger partial charge < -0.3 is 10.1 Å².